The SMILES string of the molecule is Cc1ccc(-c2nc3sc4c(c3c(=O)n2C(C)C(=O)O)CCCC4)cc1. The maximum absolute atomic E-state index is 13.3. The number of benzene rings is 1. The monoisotopic (exact) mass is 368 g/mol. The second-order valence-electron chi connectivity index (χ2n) is 6.88. The van der Waals surface area contributed by atoms with E-state index in [9.17, 15) is 14.7 Å². The zero-order valence-corrected chi connectivity index (χ0v) is 15.6. The average molecular weight is 368 g/mol. The first-order chi connectivity index (χ1) is 12.5. The van der Waals surface area contributed by atoms with Crippen molar-refractivity contribution >= 4 is 27.5 Å². The van der Waals surface area contributed by atoms with E-state index in [-0.39, 0.29) is 5.56 Å². The van der Waals surface area contributed by atoms with Crippen molar-refractivity contribution in [1.82, 2.24) is 9.55 Å². The quantitative estimate of drug-likeness (QED) is 0.759. The second-order valence-corrected chi connectivity index (χ2v) is 7.97. The van der Waals surface area contributed by atoms with Crippen LogP contribution in [0.4, 0.5) is 0 Å². The fourth-order valence-electron chi connectivity index (χ4n) is 3.59. The molecule has 1 aromatic carbocycles. The lowest BCUT2D eigenvalue weighted by atomic mass is 9.97. The Hall–Kier alpha value is -2.47. The molecule has 0 saturated carbocycles. The summed E-state index contributed by atoms with van der Waals surface area (Å²) in [6, 6.07) is 6.69. The molecule has 1 aliphatic carbocycles. The van der Waals surface area contributed by atoms with Crippen LogP contribution < -0.4 is 5.56 Å². The lowest BCUT2D eigenvalue weighted by Crippen LogP contribution is -2.30. The third kappa shape index (κ3) is 2.65. The molecule has 2 aromatic heterocycles. The Labute approximate surface area is 154 Å². The number of aromatic nitrogens is 2. The number of nitrogens with zero attached hydrogens (tertiary/aromatic N) is 2. The van der Waals surface area contributed by atoms with Gasteiger partial charge in [-0.25, -0.2) is 9.78 Å². The Morgan fingerprint density at radius 2 is 1.92 bits per heavy atom. The zero-order chi connectivity index (χ0) is 18.4. The third-order valence-corrected chi connectivity index (χ3v) is 6.26. The minimum absolute atomic E-state index is 0.236. The van der Waals surface area contributed by atoms with Gasteiger partial charge < -0.3 is 5.11 Å². The zero-order valence-electron chi connectivity index (χ0n) is 14.8. The van der Waals surface area contributed by atoms with Crippen LogP contribution in [0.1, 0.15) is 41.8 Å². The molecule has 5 nitrogen and oxygen atoms in total. The summed E-state index contributed by atoms with van der Waals surface area (Å²) in [6.45, 7) is 3.52. The van der Waals surface area contributed by atoms with Crippen LogP contribution in [0.2, 0.25) is 0 Å². The van der Waals surface area contributed by atoms with Crippen molar-refractivity contribution in [3.63, 3.8) is 0 Å². The summed E-state index contributed by atoms with van der Waals surface area (Å²) in [5.41, 5.74) is 2.70. The van der Waals surface area contributed by atoms with Crippen LogP contribution in [-0.4, -0.2) is 20.6 Å². The van der Waals surface area contributed by atoms with Crippen molar-refractivity contribution in [1.29, 1.82) is 0 Å². The smallest absolute Gasteiger partial charge is 0.326 e. The van der Waals surface area contributed by atoms with Gasteiger partial charge >= 0.3 is 5.97 Å². The number of fused-ring (bicyclic) bond motifs is 3. The molecule has 6 heteroatoms. The van der Waals surface area contributed by atoms with Crippen molar-refractivity contribution < 1.29 is 9.90 Å². The van der Waals surface area contributed by atoms with Gasteiger partial charge in [0.05, 0.1) is 5.39 Å². The molecule has 1 N–H and O–H groups in total. The van der Waals surface area contributed by atoms with Crippen LogP contribution >= 0.6 is 11.3 Å². The van der Waals surface area contributed by atoms with E-state index in [0.29, 0.717) is 11.2 Å². The molecule has 0 spiro atoms. The summed E-state index contributed by atoms with van der Waals surface area (Å²) in [5.74, 6) is -0.610. The molecule has 0 bridgehead atoms. The van der Waals surface area contributed by atoms with Gasteiger partial charge in [-0.05, 0) is 45.1 Å². The molecule has 0 saturated heterocycles. The van der Waals surface area contributed by atoms with Crippen LogP contribution in [0.25, 0.3) is 21.6 Å². The first kappa shape index (κ1) is 17.0. The van der Waals surface area contributed by atoms with Crippen molar-refractivity contribution in [3.8, 4) is 11.4 Å². The normalized spacial score (nSPS) is 15.0. The number of hydrogen-bond donors (Lipinski definition) is 1. The molecule has 1 aliphatic rings. The maximum atomic E-state index is 13.3. The topological polar surface area (TPSA) is 72.2 Å². The minimum Gasteiger partial charge on any atom is -0.480 e. The Kier molecular flexibility index (Phi) is 4.15. The van der Waals surface area contributed by atoms with Gasteiger partial charge in [-0.15, -0.1) is 11.3 Å². The minimum atomic E-state index is -1.04. The molecule has 3 aromatic rings. The average Bonchev–Trinajstić information content (AvgIpc) is 3.00. The number of rotatable bonds is 3. The van der Waals surface area contributed by atoms with Gasteiger partial charge in [0.2, 0.25) is 0 Å². The molecule has 134 valence electrons. The molecule has 0 fully saturated rings. The number of carboxylic acid groups (broad SMARTS) is 1. The van der Waals surface area contributed by atoms with Crippen molar-refractivity contribution in [3.05, 3.63) is 50.6 Å². The van der Waals surface area contributed by atoms with Crippen LogP contribution in [0.5, 0.6) is 0 Å². The Morgan fingerprint density at radius 3 is 2.62 bits per heavy atom. The summed E-state index contributed by atoms with van der Waals surface area (Å²) in [7, 11) is 0. The number of carboxylic acids is 1. The number of hydrogen-bond acceptors (Lipinski definition) is 4. The molecular formula is C20H20N2O3S. The van der Waals surface area contributed by atoms with E-state index in [1.165, 1.54) is 16.4 Å². The van der Waals surface area contributed by atoms with Gasteiger partial charge in [-0.2, -0.15) is 0 Å². The van der Waals surface area contributed by atoms with E-state index in [1.807, 2.05) is 31.2 Å². The first-order valence-corrected chi connectivity index (χ1v) is 9.65. The molecule has 1 atom stereocenters. The highest BCUT2D eigenvalue weighted by atomic mass is 32.1. The third-order valence-electron chi connectivity index (χ3n) is 5.08. The summed E-state index contributed by atoms with van der Waals surface area (Å²) < 4.78 is 1.34. The van der Waals surface area contributed by atoms with E-state index in [0.717, 1.165) is 47.2 Å². The Bertz CT molecular complexity index is 1060. The largest absolute Gasteiger partial charge is 0.480 e. The number of aliphatic carboxylic acids is 1. The highest BCUT2D eigenvalue weighted by Crippen LogP contribution is 2.35. The van der Waals surface area contributed by atoms with Crippen molar-refractivity contribution in [2.45, 2.75) is 45.6 Å². The van der Waals surface area contributed by atoms with Gasteiger partial charge in [0.15, 0.2) is 0 Å². The van der Waals surface area contributed by atoms with E-state index >= 15 is 0 Å². The van der Waals surface area contributed by atoms with Crippen molar-refractivity contribution in [2.24, 2.45) is 0 Å². The van der Waals surface area contributed by atoms with Crippen LogP contribution in [0, 0.1) is 6.92 Å². The van der Waals surface area contributed by atoms with Gasteiger partial charge in [0.25, 0.3) is 5.56 Å². The van der Waals surface area contributed by atoms with E-state index in [1.54, 1.807) is 11.3 Å². The number of thiophene rings is 1. The summed E-state index contributed by atoms with van der Waals surface area (Å²) in [4.78, 5) is 31.7. The van der Waals surface area contributed by atoms with Crippen LogP contribution in [0.15, 0.2) is 29.1 Å². The van der Waals surface area contributed by atoms with Gasteiger partial charge in [-0.1, -0.05) is 29.8 Å². The lowest BCUT2D eigenvalue weighted by molar-refractivity contribution is -0.140. The second kappa shape index (κ2) is 6.36. The summed E-state index contributed by atoms with van der Waals surface area (Å²) in [6.07, 6.45) is 4.04. The molecule has 2 heterocycles. The van der Waals surface area contributed by atoms with Crippen LogP contribution in [0.3, 0.4) is 0 Å². The van der Waals surface area contributed by atoms with Gasteiger partial charge in [0, 0.05) is 10.4 Å². The number of carbonyl (C=O) groups is 1. The first-order valence-electron chi connectivity index (χ1n) is 8.84. The van der Waals surface area contributed by atoms with Crippen LogP contribution in [-0.2, 0) is 17.6 Å². The molecule has 0 aliphatic heterocycles. The Balaban J connectivity index is 2.06. The molecule has 4 rings (SSSR count). The fraction of sp³-hybridized carbons (Fsp3) is 0.350. The Morgan fingerprint density at radius 1 is 1.23 bits per heavy atom. The molecule has 0 amide bonds. The summed E-state index contributed by atoms with van der Waals surface area (Å²) >= 11 is 1.58. The van der Waals surface area contributed by atoms with E-state index in [4.69, 9.17) is 4.98 Å². The summed E-state index contributed by atoms with van der Waals surface area (Å²) in [5, 5.41) is 10.2. The predicted molar refractivity (Wildman–Crippen MR) is 103 cm³/mol. The molecule has 1 unspecified atom stereocenters. The van der Waals surface area contributed by atoms with E-state index in [2.05, 4.69) is 0 Å². The predicted octanol–water partition coefficient (Wildman–Crippen LogP) is 3.96. The lowest BCUT2D eigenvalue weighted by Gasteiger charge is -2.17. The molecule has 0 radical (unpaired) electrons. The highest BCUT2D eigenvalue weighted by Gasteiger charge is 2.26. The molecular weight excluding hydrogens is 348 g/mol. The van der Waals surface area contributed by atoms with E-state index < -0.39 is 12.0 Å². The fourth-order valence-corrected chi connectivity index (χ4v) is 4.85. The highest BCUT2D eigenvalue weighted by molar-refractivity contribution is 7.18. The standard InChI is InChI=1S/C20H20N2O3S/c1-11-7-9-13(10-8-11)17-21-18-16(14-5-3-4-6-15(14)26-18)19(23)22(17)12(2)20(24)25/h7-10,12H,3-6H2,1-2H3,(H,24,25). The van der Waals surface area contributed by atoms with Gasteiger partial charge in [-0.3, -0.25) is 9.36 Å². The number of aryl methyl sites for hydroxylation is 3. The van der Waals surface area contributed by atoms with Gasteiger partial charge in [0.1, 0.15) is 16.7 Å². The van der Waals surface area contributed by atoms with Crippen molar-refractivity contribution in [2.75, 3.05) is 0 Å². The maximum Gasteiger partial charge on any atom is 0.326 e. The molecule has 26 heavy (non-hydrogen) atoms.